The number of aryl methyl sites for hydroxylation is 1. The Labute approximate surface area is 96.3 Å². The van der Waals surface area contributed by atoms with E-state index in [9.17, 15) is 0 Å². The molecule has 0 atom stereocenters. The number of H-pyrrole nitrogens is 1. The van der Waals surface area contributed by atoms with Crippen molar-refractivity contribution in [1.82, 2.24) is 24.4 Å². The number of nitrogens with one attached hydrogen (secondary N) is 1. The molecule has 0 fully saturated rings. The standard InChI is InChI=1S/C8H11N5S2/c1-3-4-13-7(10-11-8(13)14)6-5(2)9-12-15-6/h3-4H2,1-2H3,(H,11,14). The summed E-state index contributed by atoms with van der Waals surface area (Å²) in [4.78, 5) is 0.982. The monoisotopic (exact) mass is 241 g/mol. The van der Waals surface area contributed by atoms with Crippen LogP contribution in [0.25, 0.3) is 10.7 Å². The van der Waals surface area contributed by atoms with Crippen LogP contribution in [-0.4, -0.2) is 24.4 Å². The van der Waals surface area contributed by atoms with Crippen LogP contribution in [0.4, 0.5) is 0 Å². The number of aromatic amines is 1. The zero-order chi connectivity index (χ0) is 10.8. The van der Waals surface area contributed by atoms with Crippen molar-refractivity contribution < 1.29 is 0 Å². The fourth-order valence-electron chi connectivity index (χ4n) is 1.36. The lowest BCUT2D eigenvalue weighted by atomic mass is 10.3. The molecule has 0 spiro atoms. The van der Waals surface area contributed by atoms with Crippen LogP contribution in [0, 0.1) is 11.7 Å². The zero-order valence-electron chi connectivity index (χ0n) is 8.52. The predicted molar refractivity (Wildman–Crippen MR) is 61.3 cm³/mol. The normalized spacial score (nSPS) is 10.8. The molecule has 2 aromatic rings. The number of rotatable bonds is 3. The van der Waals surface area contributed by atoms with Gasteiger partial charge in [-0.1, -0.05) is 11.4 Å². The maximum Gasteiger partial charge on any atom is 0.195 e. The molecule has 0 saturated heterocycles. The van der Waals surface area contributed by atoms with Crippen LogP contribution in [0.15, 0.2) is 0 Å². The van der Waals surface area contributed by atoms with Crippen LogP contribution < -0.4 is 0 Å². The molecule has 2 heterocycles. The van der Waals surface area contributed by atoms with Crippen molar-refractivity contribution in [1.29, 1.82) is 0 Å². The number of hydrogen-bond acceptors (Lipinski definition) is 5. The maximum absolute atomic E-state index is 5.16. The quantitative estimate of drug-likeness (QED) is 0.837. The Morgan fingerprint density at radius 3 is 2.93 bits per heavy atom. The molecule has 0 aliphatic rings. The number of aromatic nitrogens is 5. The van der Waals surface area contributed by atoms with Crippen LogP contribution in [0.5, 0.6) is 0 Å². The van der Waals surface area contributed by atoms with E-state index in [1.807, 2.05) is 11.5 Å². The van der Waals surface area contributed by atoms with E-state index in [1.165, 1.54) is 11.5 Å². The van der Waals surface area contributed by atoms with Crippen LogP contribution in [-0.2, 0) is 6.54 Å². The molecular formula is C8H11N5S2. The molecule has 0 aliphatic carbocycles. The lowest BCUT2D eigenvalue weighted by molar-refractivity contribution is 0.675. The molecule has 1 N–H and O–H groups in total. The highest BCUT2D eigenvalue weighted by molar-refractivity contribution is 7.71. The third-order valence-electron chi connectivity index (χ3n) is 2.06. The largest absolute Gasteiger partial charge is 0.299 e. The molecule has 5 nitrogen and oxygen atoms in total. The fraction of sp³-hybridized carbons (Fsp3) is 0.500. The van der Waals surface area contributed by atoms with Crippen LogP contribution in [0.3, 0.4) is 0 Å². The Kier molecular flexibility index (Phi) is 2.92. The van der Waals surface area contributed by atoms with E-state index in [4.69, 9.17) is 12.2 Å². The van der Waals surface area contributed by atoms with Crippen molar-refractivity contribution in [2.75, 3.05) is 0 Å². The SMILES string of the molecule is CCCn1c(-c2snnc2C)n[nH]c1=S. The van der Waals surface area contributed by atoms with Gasteiger partial charge in [0.2, 0.25) is 0 Å². The van der Waals surface area contributed by atoms with E-state index in [2.05, 4.69) is 26.7 Å². The summed E-state index contributed by atoms with van der Waals surface area (Å²) in [5.41, 5.74) is 0.895. The second-order valence-corrected chi connectivity index (χ2v) is 4.33. The van der Waals surface area contributed by atoms with Crippen LogP contribution in [0.2, 0.25) is 0 Å². The Balaban J connectivity index is 2.54. The summed E-state index contributed by atoms with van der Waals surface area (Å²) in [6.07, 6.45) is 1.02. The lowest BCUT2D eigenvalue weighted by Crippen LogP contribution is -1.99. The van der Waals surface area contributed by atoms with Crippen molar-refractivity contribution in [3.8, 4) is 10.7 Å². The van der Waals surface area contributed by atoms with E-state index in [1.54, 1.807) is 0 Å². The molecule has 0 amide bonds. The summed E-state index contributed by atoms with van der Waals surface area (Å²) in [5, 5.41) is 11.0. The average Bonchev–Trinajstić information content (AvgIpc) is 2.76. The van der Waals surface area contributed by atoms with Crippen LogP contribution in [0.1, 0.15) is 19.0 Å². The molecule has 80 valence electrons. The first kappa shape index (κ1) is 10.4. The van der Waals surface area contributed by atoms with Gasteiger partial charge in [-0.25, -0.2) is 0 Å². The Morgan fingerprint density at radius 2 is 2.33 bits per heavy atom. The van der Waals surface area contributed by atoms with Gasteiger partial charge in [0, 0.05) is 6.54 Å². The topological polar surface area (TPSA) is 59.4 Å². The highest BCUT2D eigenvalue weighted by Gasteiger charge is 2.13. The number of nitrogens with zero attached hydrogens (tertiary/aromatic N) is 4. The maximum atomic E-state index is 5.16. The van der Waals surface area contributed by atoms with Crippen molar-refractivity contribution >= 4 is 23.8 Å². The molecule has 0 bridgehead atoms. The van der Waals surface area contributed by atoms with E-state index in [0.717, 1.165) is 29.4 Å². The molecule has 0 radical (unpaired) electrons. The fourth-order valence-corrected chi connectivity index (χ4v) is 2.24. The highest BCUT2D eigenvalue weighted by Crippen LogP contribution is 2.23. The molecule has 15 heavy (non-hydrogen) atoms. The van der Waals surface area contributed by atoms with Crippen molar-refractivity contribution in [2.24, 2.45) is 0 Å². The average molecular weight is 241 g/mol. The van der Waals surface area contributed by atoms with E-state index in [-0.39, 0.29) is 0 Å². The van der Waals surface area contributed by atoms with Gasteiger partial charge in [0.25, 0.3) is 0 Å². The second-order valence-electron chi connectivity index (χ2n) is 3.19. The van der Waals surface area contributed by atoms with Crippen molar-refractivity contribution in [3.05, 3.63) is 10.5 Å². The molecule has 7 heteroatoms. The summed E-state index contributed by atoms with van der Waals surface area (Å²) >= 11 is 6.51. The highest BCUT2D eigenvalue weighted by atomic mass is 32.1. The van der Waals surface area contributed by atoms with Gasteiger partial charge in [-0.2, -0.15) is 5.10 Å². The second kappa shape index (κ2) is 4.19. The first-order chi connectivity index (χ1) is 7.24. The lowest BCUT2D eigenvalue weighted by Gasteiger charge is -2.02. The van der Waals surface area contributed by atoms with Gasteiger partial charge in [-0.3, -0.25) is 9.67 Å². The first-order valence-electron chi connectivity index (χ1n) is 4.68. The molecule has 2 aromatic heterocycles. The zero-order valence-corrected chi connectivity index (χ0v) is 10.2. The Hall–Kier alpha value is -1.08. The Bertz CT molecular complexity index is 509. The van der Waals surface area contributed by atoms with E-state index < -0.39 is 0 Å². The third kappa shape index (κ3) is 1.84. The van der Waals surface area contributed by atoms with Gasteiger partial charge < -0.3 is 0 Å². The third-order valence-corrected chi connectivity index (χ3v) is 3.20. The van der Waals surface area contributed by atoms with Gasteiger partial charge in [0.05, 0.1) is 5.69 Å². The summed E-state index contributed by atoms with van der Waals surface area (Å²) in [7, 11) is 0. The number of hydrogen-bond donors (Lipinski definition) is 1. The van der Waals surface area contributed by atoms with Gasteiger partial charge >= 0.3 is 0 Å². The summed E-state index contributed by atoms with van der Waals surface area (Å²) in [5.74, 6) is 0.842. The summed E-state index contributed by atoms with van der Waals surface area (Å²) in [6.45, 7) is 4.89. The smallest absolute Gasteiger partial charge is 0.195 e. The molecule has 0 aliphatic heterocycles. The molecule has 0 unspecified atom stereocenters. The van der Waals surface area contributed by atoms with E-state index in [0.29, 0.717) is 4.77 Å². The Morgan fingerprint density at radius 1 is 1.53 bits per heavy atom. The molecule has 2 rings (SSSR count). The van der Waals surface area contributed by atoms with Gasteiger partial charge in [-0.15, -0.1) is 5.10 Å². The van der Waals surface area contributed by atoms with Crippen molar-refractivity contribution in [3.63, 3.8) is 0 Å². The molecular weight excluding hydrogens is 230 g/mol. The van der Waals surface area contributed by atoms with Gasteiger partial charge in [-0.05, 0) is 37.1 Å². The van der Waals surface area contributed by atoms with Gasteiger partial charge in [0.1, 0.15) is 4.88 Å². The summed E-state index contributed by atoms with van der Waals surface area (Å²) < 4.78 is 6.54. The minimum Gasteiger partial charge on any atom is -0.299 e. The molecule has 0 saturated carbocycles. The molecule has 0 aromatic carbocycles. The predicted octanol–water partition coefficient (Wildman–Crippen LogP) is 2.18. The first-order valence-corrected chi connectivity index (χ1v) is 5.86. The minimum absolute atomic E-state index is 0.652. The minimum atomic E-state index is 0.652. The summed E-state index contributed by atoms with van der Waals surface area (Å²) in [6, 6.07) is 0. The van der Waals surface area contributed by atoms with Gasteiger partial charge in [0.15, 0.2) is 10.6 Å². The van der Waals surface area contributed by atoms with E-state index >= 15 is 0 Å². The van der Waals surface area contributed by atoms with Crippen LogP contribution >= 0.6 is 23.8 Å². The van der Waals surface area contributed by atoms with Crippen molar-refractivity contribution in [2.45, 2.75) is 26.8 Å².